The van der Waals surface area contributed by atoms with Crippen molar-refractivity contribution < 1.29 is 9.53 Å². The molecule has 146 valence electrons. The summed E-state index contributed by atoms with van der Waals surface area (Å²) in [4.78, 5) is 14.8. The van der Waals surface area contributed by atoms with Crippen LogP contribution in [-0.4, -0.2) is 47.3 Å². The van der Waals surface area contributed by atoms with Gasteiger partial charge in [-0.15, -0.1) is 0 Å². The highest BCUT2D eigenvalue weighted by Crippen LogP contribution is 2.30. The molecule has 27 heavy (non-hydrogen) atoms. The van der Waals surface area contributed by atoms with Crippen molar-refractivity contribution in [3.63, 3.8) is 0 Å². The summed E-state index contributed by atoms with van der Waals surface area (Å²) >= 11 is 0. The molecule has 1 aliphatic rings. The molecule has 0 aliphatic carbocycles. The smallest absolute Gasteiger partial charge is 0.234 e. The van der Waals surface area contributed by atoms with Crippen molar-refractivity contribution in [3.05, 3.63) is 48.3 Å². The number of nitrogens with one attached hydrogen (secondary N) is 1. The van der Waals surface area contributed by atoms with Gasteiger partial charge in [0.25, 0.3) is 0 Å². The predicted octanol–water partition coefficient (Wildman–Crippen LogP) is 3.02. The van der Waals surface area contributed by atoms with Gasteiger partial charge in [0.1, 0.15) is 5.75 Å². The van der Waals surface area contributed by atoms with Gasteiger partial charge in [-0.05, 0) is 49.6 Å². The van der Waals surface area contributed by atoms with Crippen LogP contribution in [0.5, 0.6) is 5.75 Å². The Balaban J connectivity index is 1.52. The van der Waals surface area contributed by atoms with Gasteiger partial charge in [0, 0.05) is 31.5 Å². The first-order chi connectivity index (χ1) is 13.3. The molecule has 1 amide bonds. The predicted molar refractivity (Wildman–Crippen MR) is 106 cm³/mol. The standard InChI is InChI=1S/C21H30N4O2/c1-27-19-10-8-18(9-11-19)20-7-3-2-4-14-24(20)17-21(26)22-12-5-15-25-16-6-13-23-25/h6,8-11,13,16,20H,2-5,7,12,14-15,17H2,1H3,(H,22,26). The molecule has 1 atom stereocenters. The van der Waals surface area contributed by atoms with Crippen molar-refractivity contribution in [2.75, 3.05) is 26.7 Å². The van der Waals surface area contributed by atoms with E-state index < -0.39 is 0 Å². The third kappa shape index (κ3) is 5.82. The summed E-state index contributed by atoms with van der Waals surface area (Å²) in [5, 5.41) is 7.24. The normalized spacial score (nSPS) is 18.0. The maximum atomic E-state index is 12.5. The molecule has 6 nitrogen and oxygen atoms in total. The lowest BCUT2D eigenvalue weighted by atomic mass is 10.0. The third-order valence-corrected chi connectivity index (χ3v) is 5.16. The van der Waals surface area contributed by atoms with Crippen LogP contribution < -0.4 is 10.1 Å². The molecule has 0 spiro atoms. The monoisotopic (exact) mass is 370 g/mol. The molecule has 2 aromatic rings. The van der Waals surface area contributed by atoms with Crippen LogP contribution in [0.2, 0.25) is 0 Å². The molecule has 1 unspecified atom stereocenters. The lowest BCUT2D eigenvalue weighted by Gasteiger charge is -2.29. The van der Waals surface area contributed by atoms with Gasteiger partial charge >= 0.3 is 0 Å². The molecular formula is C21H30N4O2. The second kappa shape index (κ2) is 10.1. The van der Waals surface area contributed by atoms with Crippen LogP contribution in [0.1, 0.15) is 43.7 Å². The average molecular weight is 370 g/mol. The maximum Gasteiger partial charge on any atom is 0.234 e. The number of hydrogen-bond donors (Lipinski definition) is 1. The third-order valence-electron chi connectivity index (χ3n) is 5.16. The first kappa shape index (κ1) is 19.4. The van der Waals surface area contributed by atoms with Gasteiger partial charge in [-0.1, -0.05) is 25.0 Å². The number of benzene rings is 1. The number of carbonyl (C=O) groups excluding carboxylic acids is 1. The fourth-order valence-electron chi connectivity index (χ4n) is 3.70. The summed E-state index contributed by atoms with van der Waals surface area (Å²) in [7, 11) is 1.68. The molecule has 6 heteroatoms. The Kier molecular flexibility index (Phi) is 7.27. The van der Waals surface area contributed by atoms with Crippen LogP contribution in [0.15, 0.2) is 42.7 Å². The zero-order valence-electron chi connectivity index (χ0n) is 16.1. The second-order valence-corrected chi connectivity index (χ2v) is 7.08. The molecule has 1 saturated heterocycles. The highest BCUT2D eigenvalue weighted by Gasteiger charge is 2.24. The largest absolute Gasteiger partial charge is 0.497 e. The number of aryl methyl sites for hydroxylation is 1. The number of amides is 1. The van der Waals surface area contributed by atoms with Crippen LogP contribution in [0.3, 0.4) is 0 Å². The van der Waals surface area contributed by atoms with E-state index in [9.17, 15) is 4.79 Å². The van der Waals surface area contributed by atoms with E-state index in [2.05, 4.69) is 27.4 Å². The average Bonchev–Trinajstić information content (AvgIpc) is 3.11. The first-order valence-corrected chi connectivity index (χ1v) is 9.88. The fourth-order valence-corrected chi connectivity index (χ4v) is 3.70. The zero-order valence-corrected chi connectivity index (χ0v) is 16.1. The molecule has 1 aromatic carbocycles. The van der Waals surface area contributed by atoms with Crippen molar-refractivity contribution in [2.45, 2.75) is 44.7 Å². The molecule has 1 aliphatic heterocycles. The Morgan fingerprint density at radius 3 is 2.85 bits per heavy atom. The van der Waals surface area contributed by atoms with E-state index in [1.54, 1.807) is 13.3 Å². The quantitative estimate of drug-likeness (QED) is 0.726. The minimum absolute atomic E-state index is 0.107. The lowest BCUT2D eigenvalue weighted by molar-refractivity contribution is -0.122. The Bertz CT molecular complexity index is 685. The summed E-state index contributed by atoms with van der Waals surface area (Å²) in [6.07, 6.45) is 9.29. The Hall–Kier alpha value is -2.34. The van der Waals surface area contributed by atoms with Gasteiger partial charge in [0.15, 0.2) is 0 Å². The molecular weight excluding hydrogens is 340 g/mol. The number of ether oxygens (including phenoxy) is 1. The molecule has 1 fully saturated rings. The summed E-state index contributed by atoms with van der Waals surface area (Å²) in [5.74, 6) is 0.977. The van der Waals surface area contributed by atoms with Crippen LogP contribution in [0.25, 0.3) is 0 Å². The molecule has 0 bridgehead atoms. The number of methoxy groups -OCH3 is 1. The van der Waals surface area contributed by atoms with Gasteiger partial charge < -0.3 is 10.1 Å². The molecule has 3 rings (SSSR count). The van der Waals surface area contributed by atoms with Crippen LogP contribution in [0.4, 0.5) is 0 Å². The fraction of sp³-hybridized carbons (Fsp3) is 0.524. The van der Waals surface area contributed by atoms with Crippen molar-refractivity contribution >= 4 is 5.91 Å². The lowest BCUT2D eigenvalue weighted by Crippen LogP contribution is -2.39. The number of hydrogen-bond acceptors (Lipinski definition) is 4. The number of nitrogens with zero attached hydrogens (tertiary/aromatic N) is 3. The van der Waals surface area contributed by atoms with Gasteiger partial charge in [-0.25, -0.2) is 0 Å². The number of carbonyl (C=O) groups is 1. The second-order valence-electron chi connectivity index (χ2n) is 7.08. The highest BCUT2D eigenvalue weighted by atomic mass is 16.5. The maximum absolute atomic E-state index is 12.5. The number of rotatable bonds is 8. The number of likely N-dealkylation sites (tertiary alicyclic amines) is 1. The molecule has 2 heterocycles. The summed E-state index contributed by atoms with van der Waals surface area (Å²) < 4.78 is 7.16. The topological polar surface area (TPSA) is 59.4 Å². The first-order valence-electron chi connectivity index (χ1n) is 9.88. The molecule has 0 saturated carbocycles. The van der Waals surface area contributed by atoms with Gasteiger partial charge in [0.2, 0.25) is 5.91 Å². The minimum Gasteiger partial charge on any atom is -0.497 e. The van der Waals surface area contributed by atoms with E-state index >= 15 is 0 Å². The van der Waals surface area contributed by atoms with Gasteiger partial charge in [0.05, 0.1) is 13.7 Å². The van der Waals surface area contributed by atoms with Gasteiger partial charge in [-0.2, -0.15) is 5.10 Å². The van der Waals surface area contributed by atoms with E-state index in [-0.39, 0.29) is 5.91 Å². The van der Waals surface area contributed by atoms with Gasteiger partial charge in [-0.3, -0.25) is 14.4 Å². The Morgan fingerprint density at radius 1 is 1.26 bits per heavy atom. The van der Waals surface area contributed by atoms with E-state index in [0.717, 1.165) is 38.1 Å². The van der Waals surface area contributed by atoms with E-state index in [0.29, 0.717) is 19.1 Å². The molecule has 0 radical (unpaired) electrons. The van der Waals surface area contributed by atoms with E-state index in [1.807, 2.05) is 29.1 Å². The van der Waals surface area contributed by atoms with E-state index in [1.165, 1.54) is 18.4 Å². The highest BCUT2D eigenvalue weighted by molar-refractivity contribution is 5.78. The zero-order chi connectivity index (χ0) is 18.9. The minimum atomic E-state index is 0.107. The summed E-state index contributed by atoms with van der Waals surface area (Å²) in [6, 6.07) is 10.5. The Labute approximate surface area is 161 Å². The van der Waals surface area contributed by atoms with Crippen LogP contribution in [0, 0.1) is 0 Å². The SMILES string of the molecule is COc1ccc(C2CCCCCN2CC(=O)NCCCn2cccn2)cc1. The van der Waals surface area contributed by atoms with Crippen molar-refractivity contribution in [1.82, 2.24) is 20.0 Å². The molecule has 1 N–H and O–H groups in total. The molecule has 1 aromatic heterocycles. The Morgan fingerprint density at radius 2 is 2.11 bits per heavy atom. The van der Waals surface area contributed by atoms with Crippen molar-refractivity contribution in [1.29, 1.82) is 0 Å². The van der Waals surface area contributed by atoms with Crippen LogP contribution >= 0.6 is 0 Å². The summed E-state index contributed by atoms with van der Waals surface area (Å²) in [5.41, 5.74) is 1.27. The van der Waals surface area contributed by atoms with Crippen LogP contribution in [-0.2, 0) is 11.3 Å². The van der Waals surface area contributed by atoms with Crippen molar-refractivity contribution in [3.8, 4) is 5.75 Å². The van der Waals surface area contributed by atoms with Crippen molar-refractivity contribution in [2.24, 2.45) is 0 Å². The number of aromatic nitrogens is 2. The van der Waals surface area contributed by atoms with E-state index in [4.69, 9.17) is 4.74 Å². The summed E-state index contributed by atoms with van der Waals surface area (Å²) in [6.45, 7) is 2.93.